The maximum Gasteiger partial charge on any atom is 0.258 e. The zero-order valence-corrected chi connectivity index (χ0v) is 17.7. The number of hydrogen-bond donors (Lipinski definition) is 3. The van der Waals surface area contributed by atoms with E-state index in [2.05, 4.69) is 32.6 Å². The van der Waals surface area contributed by atoms with E-state index in [-0.39, 0.29) is 29.6 Å². The molecule has 4 aromatic rings. The summed E-state index contributed by atoms with van der Waals surface area (Å²) in [5.74, 6) is -0.508. The first-order valence-corrected chi connectivity index (χ1v) is 10.1. The summed E-state index contributed by atoms with van der Waals surface area (Å²) in [6.07, 6.45) is 1.51. The molecule has 0 bridgehead atoms. The number of halogens is 2. The lowest BCUT2D eigenvalue weighted by Gasteiger charge is -2.07. The van der Waals surface area contributed by atoms with Crippen LogP contribution in [-0.4, -0.2) is 21.4 Å². The molecule has 3 N–H and O–H groups in total. The van der Waals surface area contributed by atoms with Gasteiger partial charge in [-0.1, -0.05) is 24.3 Å². The average molecular weight is 514 g/mol. The highest BCUT2D eigenvalue weighted by atomic mass is 127. The van der Waals surface area contributed by atoms with E-state index < -0.39 is 0 Å². The molecule has 0 aliphatic heterocycles. The molecule has 0 fully saturated rings. The van der Waals surface area contributed by atoms with Gasteiger partial charge in [-0.3, -0.25) is 14.8 Å². The Morgan fingerprint density at radius 3 is 2.50 bits per heavy atom. The molecule has 1 aromatic heterocycles. The number of nitrogens with zero attached hydrogens (tertiary/aromatic N) is 1. The van der Waals surface area contributed by atoms with Gasteiger partial charge in [-0.2, -0.15) is 0 Å². The molecule has 0 unspecified atom stereocenters. The topological polar surface area (TPSA) is 85.7 Å². The van der Waals surface area contributed by atoms with E-state index >= 15 is 0 Å². The quantitative estimate of drug-likeness (QED) is 0.266. The molecule has 4 rings (SSSR count). The van der Waals surface area contributed by atoms with Crippen molar-refractivity contribution in [2.45, 2.75) is 6.54 Å². The van der Waals surface area contributed by atoms with Crippen LogP contribution >= 0.6 is 22.6 Å². The fraction of sp³-hybridized carbons (Fsp3) is 0.0435. The van der Waals surface area contributed by atoms with E-state index in [1.165, 1.54) is 18.3 Å². The fourth-order valence-corrected chi connectivity index (χ4v) is 3.72. The fourth-order valence-electron chi connectivity index (χ4n) is 3.23. The van der Waals surface area contributed by atoms with Crippen LogP contribution in [0.5, 0.6) is 11.6 Å². The first kappa shape index (κ1) is 20.1. The van der Waals surface area contributed by atoms with Gasteiger partial charge in [0.1, 0.15) is 11.6 Å². The van der Waals surface area contributed by atoms with E-state index in [0.29, 0.717) is 27.5 Å². The largest absolute Gasteiger partial charge is 0.507 e. The Hall–Kier alpha value is -3.20. The van der Waals surface area contributed by atoms with Gasteiger partial charge in [0.25, 0.3) is 5.56 Å². The molecule has 0 saturated heterocycles. The van der Waals surface area contributed by atoms with Crippen molar-refractivity contribution in [2.24, 2.45) is 4.99 Å². The summed E-state index contributed by atoms with van der Waals surface area (Å²) in [5.41, 5.74) is 2.13. The van der Waals surface area contributed by atoms with Crippen LogP contribution in [0.4, 0.5) is 4.39 Å². The third-order valence-corrected chi connectivity index (χ3v) is 5.39. The Labute approximate surface area is 184 Å². The van der Waals surface area contributed by atoms with Crippen molar-refractivity contribution in [3.63, 3.8) is 0 Å². The molecule has 5 nitrogen and oxygen atoms in total. The lowest BCUT2D eigenvalue weighted by atomic mass is 10.0. The summed E-state index contributed by atoms with van der Waals surface area (Å²) < 4.78 is 14.0. The number of hydrogen-bond acceptors (Lipinski definition) is 4. The molecule has 0 amide bonds. The van der Waals surface area contributed by atoms with Gasteiger partial charge in [0.2, 0.25) is 5.88 Å². The molecule has 0 atom stereocenters. The number of H-pyrrole nitrogens is 1. The number of phenols is 1. The van der Waals surface area contributed by atoms with E-state index in [0.717, 1.165) is 9.13 Å². The van der Waals surface area contributed by atoms with Crippen molar-refractivity contribution in [1.29, 1.82) is 0 Å². The molecular weight excluding hydrogens is 498 g/mol. The highest BCUT2D eigenvalue weighted by Crippen LogP contribution is 2.30. The van der Waals surface area contributed by atoms with Crippen LogP contribution in [0.25, 0.3) is 21.9 Å². The third-order valence-electron chi connectivity index (χ3n) is 4.72. The minimum absolute atomic E-state index is 0.0706. The number of phenolic OH excluding ortho intramolecular Hbond substituents is 1. The summed E-state index contributed by atoms with van der Waals surface area (Å²) in [6.45, 7) is 0.265. The van der Waals surface area contributed by atoms with Crippen LogP contribution < -0.4 is 5.56 Å². The van der Waals surface area contributed by atoms with Gasteiger partial charge in [-0.25, -0.2) is 4.39 Å². The molecule has 3 aromatic carbocycles. The molecule has 0 aliphatic carbocycles. The summed E-state index contributed by atoms with van der Waals surface area (Å²) in [7, 11) is 0. The van der Waals surface area contributed by atoms with Crippen LogP contribution in [0.1, 0.15) is 11.1 Å². The van der Waals surface area contributed by atoms with Crippen molar-refractivity contribution in [3.05, 3.63) is 91.5 Å². The second kappa shape index (κ2) is 8.27. The normalized spacial score (nSPS) is 11.4. The van der Waals surface area contributed by atoms with E-state index in [9.17, 15) is 19.4 Å². The van der Waals surface area contributed by atoms with Gasteiger partial charge in [0, 0.05) is 26.1 Å². The predicted octanol–water partition coefficient (Wildman–Crippen LogP) is 4.97. The maximum absolute atomic E-state index is 13.1. The summed E-state index contributed by atoms with van der Waals surface area (Å²) in [5, 5.41) is 21.6. The van der Waals surface area contributed by atoms with E-state index in [4.69, 9.17) is 0 Å². The second-order valence-corrected chi connectivity index (χ2v) is 7.98. The van der Waals surface area contributed by atoms with E-state index in [1.54, 1.807) is 30.3 Å². The first-order chi connectivity index (χ1) is 14.4. The zero-order chi connectivity index (χ0) is 21.3. The number of pyridine rings is 1. The molecular formula is C23H16FIN2O3. The van der Waals surface area contributed by atoms with Crippen LogP contribution in [0, 0.1) is 9.39 Å². The number of aliphatic imine (C=N–C) groups is 1. The number of nitrogens with one attached hydrogen (secondary N) is 1. The lowest BCUT2D eigenvalue weighted by molar-refractivity contribution is 0.452. The standard InChI is InChI=1S/C23H16FIN2O3/c24-15-4-2-14(3-5-15)17-7-1-13(9-21(17)28)11-26-12-20-19-10-16(25)6-8-18(19)22(29)27-23(20)30/h1-10,12,28H,11H2,(H2,27,29,30). The van der Waals surface area contributed by atoms with Crippen molar-refractivity contribution < 1.29 is 14.6 Å². The number of aromatic nitrogens is 1. The minimum Gasteiger partial charge on any atom is -0.507 e. The summed E-state index contributed by atoms with van der Waals surface area (Å²) in [4.78, 5) is 18.8. The second-order valence-electron chi connectivity index (χ2n) is 6.73. The third kappa shape index (κ3) is 4.06. The zero-order valence-electron chi connectivity index (χ0n) is 15.6. The average Bonchev–Trinajstić information content (AvgIpc) is 2.71. The molecule has 7 heteroatoms. The highest BCUT2D eigenvalue weighted by Gasteiger charge is 2.10. The first-order valence-electron chi connectivity index (χ1n) is 9.04. The number of aromatic hydroxyl groups is 2. The van der Waals surface area contributed by atoms with Crippen molar-refractivity contribution in [1.82, 2.24) is 4.98 Å². The molecule has 0 saturated carbocycles. The van der Waals surface area contributed by atoms with Crippen molar-refractivity contribution in [3.8, 4) is 22.8 Å². The monoisotopic (exact) mass is 514 g/mol. The highest BCUT2D eigenvalue weighted by molar-refractivity contribution is 14.1. The Kier molecular flexibility index (Phi) is 5.54. The Morgan fingerprint density at radius 1 is 1.00 bits per heavy atom. The Balaban J connectivity index is 1.61. The molecule has 150 valence electrons. The minimum atomic E-state index is -0.364. The van der Waals surface area contributed by atoms with Crippen molar-refractivity contribution >= 4 is 39.6 Å². The van der Waals surface area contributed by atoms with Gasteiger partial charge >= 0.3 is 0 Å². The summed E-state index contributed by atoms with van der Waals surface area (Å²) in [6, 6.07) is 16.4. The molecule has 0 spiro atoms. The van der Waals surface area contributed by atoms with Gasteiger partial charge < -0.3 is 10.2 Å². The van der Waals surface area contributed by atoms with Gasteiger partial charge in [0.15, 0.2) is 0 Å². The predicted molar refractivity (Wildman–Crippen MR) is 124 cm³/mol. The Morgan fingerprint density at radius 2 is 1.77 bits per heavy atom. The molecule has 30 heavy (non-hydrogen) atoms. The van der Waals surface area contributed by atoms with Crippen molar-refractivity contribution in [2.75, 3.05) is 0 Å². The number of rotatable bonds is 4. The maximum atomic E-state index is 13.1. The lowest BCUT2D eigenvalue weighted by Crippen LogP contribution is -2.08. The van der Waals surface area contributed by atoms with Crippen LogP contribution in [0.3, 0.4) is 0 Å². The number of aromatic amines is 1. The molecule has 1 heterocycles. The molecule has 0 aliphatic rings. The van der Waals surface area contributed by atoms with Gasteiger partial charge in [-0.15, -0.1) is 0 Å². The number of benzene rings is 3. The number of fused-ring (bicyclic) bond motifs is 1. The molecule has 0 radical (unpaired) electrons. The SMILES string of the molecule is O=c1[nH]c(O)c(C=NCc2ccc(-c3ccc(F)cc3)c(O)c2)c2cc(I)ccc12. The van der Waals surface area contributed by atoms with Crippen LogP contribution in [0.15, 0.2) is 70.5 Å². The summed E-state index contributed by atoms with van der Waals surface area (Å²) >= 11 is 2.14. The van der Waals surface area contributed by atoms with E-state index in [1.807, 2.05) is 18.2 Å². The smallest absolute Gasteiger partial charge is 0.258 e. The van der Waals surface area contributed by atoms with Crippen LogP contribution in [0.2, 0.25) is 0 Å². The van der Waals surface area contributed by atoms with Crippen LogP contribution in [-0.2, 0) is 6.54 Å². The Bertz CT molecular complexity index is 1330. The van der Waals surface area contributed by atoms with Gasteiger partial charge in [0.05, 0.1) is 12.1 Å². The van der Waals surface area contributed by atoms with Gasteiger partial charge in [-0.05, 0) is 70.1 Å².